The van der Waals surface area contributed by atoms with E-state index in [1.54, 1.807) is 11.8 Å². The topological polar surface area (TPSA) is 0 Å². The Hall–Kier alpha value is -0.000000000000000111. The lowest BCUT2D eigenvalue weighted by Crippen LogP contribution is -1.93. The third-order valence-electron chi connectivity index (χ3n) is 3.15. The molecule has 0 fully saturated rings. The van der Waals surface area contributed by atoms with Gasteiger partial charge in [0.25, 0.3) is 0 Å². The molecule has 0 radical (unpaired) electrons. The van der Waals surface area contributed by atoms with Crippen molar-refractivity contribution in [3.05, 3.63) is 61.1 Å². The first-order valence-corrected chi connectivity index (χ1v) is 9.33. The highest BCUT2D eigenvalue weighted by molar-refractivity contribution is 14.1. The number of aryl methyl sites for hydroxylation is 1. The molecule has 0 aromatic heterocycles. The molecule has 0 atom stereocenters. The molecule has 2 rings (SSSR count). The van der Waals surface area contributed by atoms with Gasteiger partial charge in [-0.15, -0.1) is 11.8 Å². The van der Waals surface area contributed by atoms with E-state index in [1.165, 1.54) is 29.6 Å². The molecule has 3 heteroatoms. The highest BCUT2D eigenvalue weighted by Gasteiger charge is 2.07. The van der Waals surface area contributed by atoms with E-state index >= 15 is 0 Å². The van der Waals surface area contributed by atoms with Crippen molar-refractivity contribution in [2.75, 3.05) is 6.26 Å². The third kappa shape index (κ3) is 3.99. The maximum absolute atomic E-state index is 3.69. The maximum Gasteiger partial charge on any atom is 0.0269 e. The van der Waals surface area contributed by atoms with Gasteiger partial charge in [0.05, 0.1) is 0 Å². The summed E-state index contributed by atoms with van der Waals surface area (Å²) in [7, 11) is 0. The lowest BCUT2D eigenvalue weighted by atomic mass is 10.0. The lowest BCUT2D eigenvalue weighted by molar-refractivity contribution is 1.11. The number of thioether (sulfide) groups is 1. The standard InChI is InChI=1S/C16H16BrIS/c1-3-11-4-6-12(7-5-11)8-13-9-15(18)16(19-2)10-14(13)17/h4-7,9-10H,3,8H2,1-2H3. The zero-order chi connectivity index (χ0) is 13.8. The Balaban J connectivity index is 2.25. The van der Waals surface area contributed by atoms with E-state index in [1.807, 2.05) is 0 Å². The molecule has 0 aliphatic rings. The first kappa shape index (κ1) is 15.4. The Morgan fingerprint density at radius 2 is 1.74 bits per heavy atom. The molecule has 0 saturated heterocycles. The number of hydrogen-bond donors (Lipinski definition) is 0. The summed E-state index contributed by atoms with van der Waals surface area (Å²) >= 11 is 7.90. The van der Waals surface area contributed by atoms with Crippen LogP contribution in [0, 0.1) is 3.57 Å². The van der Waals surface area contributed by atoms with Crippen molar-refractivity contribution in [1.29, 1.82) is 0 Å². The fourth-order valence-corrected chi connectivity index (χ4v) is 4.29. The minimum atomic E-state index is 0.981. The average molecular weight is 447 g/mol. The largest absolute Gasteiger partial charge is 0.128 e. The van der Waals surface area contributed by atoms with Crippen LogP contribution >= 0.6 is 50.3 Å². The minimum absolute atomic E-state index is 0.981. The van der Waals surface area contributed by atoms with Crippen LogP contribution < -0.4 is 0 Å². The molecule has 0 spiro atoms. The summed E-state index contributed by atoms with van der Waals surface area (Å²) in [6, 6.07) is 13.4. The van der Waals surface area contributed by atoms with Crippen LogP contribution in [0.4, 0.5) is 0 Å². The molecule has 100 valence electrons. The van der Waals surface area contributed by atoms with Gasteiger partial charge in [-0.2, -0.15) is 0 Å². The highest BCUT2D eigenvalue weighted by Crippen LogP contribution is 2.30. The molecular formula is C16H16BrIS. The maximum atomic E-state index is 3.69. The summed E-state index contributed by atoms with van der Waals surface area (Å²) in [5, 5.41) is 0. The van der Waals surface area contributed by atoms with E-state index in [0.29, 0.717) is 0 Å². The molecule has 2 aromatic carbocycles. The van der Waals surface area contributed by atoms with Crippen LogP contribution in [0.5, 0.6) is 0 Å². The van der Waals surface area contributed by atoms with Crippen molar-refractivity contribution in [3.63, 3.8) is 0 Å². The van der Waals surface area contributed by atoms with Gasteiger partial charge >= 0.3 is 0 Å². The van der Waals surface area contributed by atoms with Gasteiger partial charge in [-0.25, -0.2) is 0 Å². The number of rotatable bonds is 4. The predicted molar refractivity (Wildman–Crippen MR) is 97.3 cm³/mol. The second-order valence-corrected chi connectivity index (χ2v) is 7.29. The molecule has 0 amide bonds. The molecule has 0 N–H and O–H groups in total. The zero-order valence-corrected chi connectivity index (χ0v) is 15.6. The van der Waals surface area contributed by atoms with E-state index in [0.717, 1.165) is 12.8 Å². The fraction of sp³-hybridized carbons (Fsp3) is 0.250. The van der Waals surface area contributed by atoms with Gasteiger partial charge < -0.3 is 0 Å². The summed E-state index contributed by atoms with van der Waals surface area (Å²) in [4.78, 5) is 1.33. The van der Waals surface area contributed by atoms with Crippen LogP contribution in [-0.2, 0) is 12.8 Å². The van der Waals surface area contributed by atoms with Crippen molar-refractivity contribution in [2.45, 2.75) is 24.7 Å². The normalized spacial score (nSPS) is 10.7. The zero-order valence-electron chi connectivity index (χ0n) is 11.0. The van der Waals surface area contributed by atoms with E-state index in [4.69, 9.17) is 0 Å². The van der Waals surface area contributed by atoms with Gasteiger partial charge in [0.2, 0.25) is 0 Å². The summed E-state index contributed by atoms with van der Waals surface area (Å²) in [5.74, 6) is 0. The summed E-state index contributed by atoms with van der Waals surface area (Å²) in [6.45, 7) is 2.19. The van der Waals surface area contributed by atoms with Gasteiger partial charge in [-0.05, 0) is 70.5 Å². The smallest absolute Gasteiger partial charge is 0.0269 e. The van der Waals surface area contributed by atoms with Crippen molar-refractivity contribution < 1.29 is 0 Å². The number of hydrogen-bond acceptors (Lipinski definition) is 1. The van der Waals surface area contributed by atoms with Gasteiger partial charge in [-0.3, -0.25) is 0 Å². The van der Waals surface area contributed by atoms with E-state index in [9.17, 15) is 0 Å². The van der Waals surface area contributed by atoms with Crippen LogP contribution in [0.25, 0.3) is 0 Å². The number of benzene rings is 2. The van der Waals surface area contributed by atoms with Gasteiger partial charge in [0.1, 0.15) is 0 Å². The molecule has 0 saturated carbocycles. The summed E-state index contributed by atoms with van der Waals surface area (Å²) < 4.78 is 2.53. The van der Waals surface area contributed by atoms with E-state index in [2.05, 4.69) is 88.1 Å². The molecule has 2 aromatic rings. The molecule has 0 heterocycles. The molecule has 0 bridgehead atoms. The SMILES string of the molecule is CCc1ccc(Cc2cc(I)c(SC)cc2Br)cc1. The summed E-state index contributed by atoms with van der Waals surface area (Å²) in [5.41, 5.74) is 4.12. The Bertz CT molecular complexity index is 564. The van der Waals surface area contributed by atoms with Crippen LogP contribution in [0.15, 0.2) is 45.8 Å². The first-order chi connectivity index (χ1) is 9.13. The monoisotopic (exact) mass is 446 g/mol. The summed E-state index contributed by atoms with van der Waals surface area (Å²) in [6.07, 6.45) is 4.20. The van der Waals surface area contributed by atoms with Gasteiger partial charge in [-0.1, -0.05) is 47.1 Å². The second kappa shape index (κ2) is 7.14. The Labute approximate surface area is 141 Å². The molecule has 19 heavy (non-hydrogen) atoms. The minimum Gasteiger partial charge on any atom is -0.128 e. The highest BCUT2D eigenvalue weighted by atomic mass is 127. The van der Waals surface area contributed by atoms with E-state index in [-0.39, 0.29) is 0 Å². The molecule has 0 aliphatic heterocycles. The van der Waals surface area contributed by atoms with Crippen LogP contribution in [0.2, 0.25) is 0 Å². The molecule has 0 nitrogen and oxygen atoms in total. The Kier molecular flexibility index (Phi) is 5.78. The van der Waals surface area contributed by atoms with Crippen molar-refractivity contribution in [2.24, 2.45) is 0 Å². The van der Waals surface area contributed by atoms with Crippen molar-refractivity contribution in [3.8, 4) is 0 Å². The first-order valence-electron chi connectivity index (χ1n) is 6.23. The average Bonchev–Trinajstić information content (AvgIpc) is 2.43. The third-order valence-corrected chi connectivity index (χ3v) is 5.92. The number of halogens is 2. The van der Waals surface area contributed by atoms with Crippen LogP contribution in [0.1, 0.15) is 23.6 Å². The van der Waals surface area contributed by atoms with Crippen molar-refractivity contribution in [1.82, 2.24) is 0 Å². The van der Waals surface area contributed by atoms with Gasteiger partial charge in [0, 0.05) is 12.9 Å². The van der Waals surface area contributed by atoms with Crippen LogP contribution in [-0.4, -0.2) is 6.26 Å². The molecule has 0 unspecified atom stereocenters. The fourth-order valence-electron chi connectivity index (χ4n) is 1.97. The van der Waals surface area contributed by atoms with E-state index < -0.39 is 0 Å². The second-order valence-electron chi connectivity index (χ2n) is 4.42. The molecule has 0 aliphatic carbocycles. The quantitative estimate of drug-likeness (QED) is 0.414. The Morgan fingerprint density at radius 1 is 1.11 bits per heavy atom. The lowest BCUT2D eigenvalue weighted by Gasteiger charge is -2.09. The molecular weight excluding hydrogens is 431 g/mol. The predicted octanol–water partition coefficient (Wildman–Crippen LogP) is 5.93. The Morgan fingerprint density at radius 3 is 2.32 bits per heavy atom. The van der Waals surface area contributed by atoms with Crippen LogP contribution in [0.3, 0.4) is 0 Å². The van der Waals surface area contributed by atoms with Gasteiger partial charge in [0.15, 0.2) is 0 Å². The van der Waals surface area contributed by atoms with Crippen molar-refractivity contribution >= 4 is 50.3 Å².